The fourth-order valence-electron chi connectivity index (χ4n) is 3.61. The summed E-state index contributed by atoms with van der Waals surface area (Å²) in [6.45, 7) is 0.683. The monoisotopic (exact) mass is 365 g/mol. The van der Waals surface area contributed by atoms with Gasteiger partial charge in [-0.15, -0.1) is 0 Å². The second-order valence-electron chi connectivity index (χ2n) is 5.92. The third kappa shape index (κ3) is 1.88. The van der Waals surface area contributed by atoms with Gasteiger partial charge in [0.15, 0.2) is 0 Å². The Morgan fingerprint density at radius 2 is 2.09 bits per heavy atom. The number of aryl methyl sites for hydroxylation is 2. The molecule has 7 heteroatoms. The molecule has 1 saturated heterocycles. The molecule has 0 aliphatic carbocycles. The summed E-state index contributed by atoms with van der Waals surface area (Å²) in [5, 5.41) is 12.1. The van der Waals surface area contributed by atoms with Crippen molar-refractivity contribution in [2.45, 2.75) is 44.5 Å². The van der Waals surface area contributed by atoms with Crippen LogP contribution in [-0.2, 0) is 17.8 Å². The van der Waals surface area contributed by atoms with Crippen molar-refractivity contribution in [3.05, 3.63) is 32.7 Å². The standard InChI is InChI=1S/C15H16BrN3O3/c16-9-3-4-10-13-8(9)2-1-7-18(13)15(22)19(10)11-5-6-12(20)17-14(11)21/h3-4,11-12,20H,1-2,5-7H2,(H,17,21). The van der Waals surface area contributed by atoms with Crippen molar-refractivity contribution < 1.29 is 9.90 Å². The van der Waals surface area contributed by atoms with Gasteiger partial charge in [-0.25, -0.2) is 4.79 Å². The number of piperidine rings is 1. The maximum absolute atomic E-state index is 12.8. The molecular weight excluding hydrogens is 350 g/mol. The first-order chi connectivity index (χ1) is 10.6. The minimum Gasteiger partial charge on any atom is -0.374 e. The predicted octanol–water partition coefficient (Wildman–Crippen LogP) is 1.28. The molecule has 1 aromatic carbocycles. The molecule has 6 nitrogen and oxygen atoms in total. The van der Waals surface area contributed by atoms with E-state index in [0.717, 1.165) is 33.9 Å². The summed E-state index contributed by atoms with van der Waals surface area (Å²) in [5.74, 6) is -0.288. The quantitative estimate of drug-likeness (QED) is 0.799. The van der Waals surface area contributed by atoms with E-state index in [4.69, 9.17) is 0 Å². The van der Waals surface area contributed by atoms with Crippen molar-refractivity contribution in [2.24, 2.45) is 0 Å². The number of halogens is 1. The number of hydrogen-bond donors (Lipinski definition) is 2. The number of nitrogens with one attached hydrogen (secondary N) is 1. The van der Waals surface area contributed by atoms with Gasteiger partial charge in [-0.1, -0.05) is 15.9 Å². The minimum atomic E-state index is -0.812. The van der Waals surface area contributed by atoms with Crippen LogP contribution in [0.15, 0.2) is 21.4 Å². The second kappa shape index (κ2) is 4.96. The first kappa shape index (κ1) is 14.0. The number of carbonyl (C=O) groups excluding carboxylic acids is 1. The Hall–Kier alpha value is -1.60. The largest absolute Gasteiger partial charge is 0.374 e. The molecular formula is C15H16BrN3O3. The average molecular weight is 366 g/mol. The molecule has 1 fully saturated rings. The predicted molar refractivity (Wildman–Crippen MR) is 84.6 cm³/mol. The van der Waals surface area contributed by atoms with Gasteiger partial charge in [0.25, 0.3) is 0 Å². The zero-order chi connectivity index (χ0) is 15.4. The van der Waals surface area contributed by atoms with E-state index in [0.29, 0.717) is 19.4 Å². The van der Waals surface area contributed by atoms with Gasteiger partial charge in [0.2, 0.25) is 5.91 Å². The summed E-state index contributed by atoms with van der Waals surface area (Å²) >= 11 is 3.56. The van der Waals surface area contributed by atoms with Crippen LogP contribution in [0, 0.1) is 0 Å². The van der Waals surface area contributed by atoms with Crippen LogP contribution in [0.2, 0.25) is 0 Å². The van der Waals surface area contributed by atoms with E-state index in [2.05, 4.69) is 21.2 Å². The lowest BCUT2D eigenvalue weighted by Gasteiger charge is -2.26. The summed E-state index contributed by atoms with van der Waals surface area (Å²) in [5.41, 5.74) is 2.74. The molecule has 2 aliphatic rings. The van der Waals surface area contributed by atoms with E-state index in [1.165, 1.54) is 0 Å². The minimum absolute atomic E-state index is 0.134. The molecule has 2 N–H and O–H groups in total. The zero-order valence-corrected chi connectivity index (χ0v) is 13.5. The molecule has 2 aromatic rings. The highest BCUT2D eigenvalue weighted by molar-refractivity contribution is 9.10. The van der Waals surface area contributed by atoms with Gasteiger partial charge < -0.3 is 10.4 Å². The van der Waals surface area contributed by atoms with E-state index in [1.807, 2.05) is 12.1 Å². The second-order valence-corrected chi connectivity index (χ2v) is 6.77. The van der Waals surface area contributed by atoms with Crippen LogP contribution < -0.4 is 11.0 Å². The first-order valence-electron chi connectivity index (χ1n) is 7.48. The van der Waals surface area contributed by atoms with Crippen molar-refractivity contribution in [1.29, 1.82) is 0 Å². The molecule has 2 atom stereocenters. The summed E-state index contributed by atoms with van der Waals surface area (Å²) in [4.78, 5) is 25.0. The maximum Gasteiger partial charge on any atom is 0.329 e. The van der Waals surface area contributed by atoms with Crippen molar-refractivity contribution in [1.82, 2.24) is 14.5 Å². The third-order valence-electron chi connectivity index (χ3n) is 4.62. The highest BCUT2D eigenvalue weighted by atomic mass is 79.9. The van der Waals surface area contributed by atoms with Gasteiger partial charge in [0, 0.05) is 11.0 Å². The number of aliphatic hydroxyl groups is 1. The molecule has 2 unspecified atom stereocenters. The fraction of sp³-hybridized carbons (Fsp3) is 0.467. The fourth-order valence-corrected chi connectivity index (χ4v) is 4.13. The third-order valence-corrected chi connectivity index (χ3v) is 5.36. The van der Waals surface area contributed by atoms with E-state index < -0.39 is 12.3 Å². The Morgan fingerprint density at radius 1 is 1.27 bits per heavy atom. The van der Waals surface area contributed by atoms with Crippen molar-refractivity contribution in [2.75, 3.05) is 0 Å². The molecule has 2 aliphatic heterocycles. The van der Waals surface area contributed by atoms with Gasteiger partial charge in [0.05, 0.1) is 11.0 Å². The molecule has 0 saturated carbocycles. The number of imidazole rings is 1. The van der Waals surface area contributed by atoms with Crippen molar-refractivity contribution >= 4 is 32.9 Å². The molecule has 0 bridgehead atoms. The van der Waals surface area contributed by atoms with Crippen LogP contribution in [-0.4, -0.2) is 26.4 Å². The smallest absolute Gasteiger partial charge is 0.329 e. The maximum atomic E-state index is 12.8. The van der Waals surface area contributed by atoms with Gasteiger partial charge in [-0.3, -0.25) is 13.9 Å². The van der Waals surface area contributed by atoms with E-state index in [9.17, 15) is 14.7 Å². The molecule has 116 valence electrons. The molecule has 1 amide bonds. The van der Waals surface area contributed by atoms with Gasteiger partial charge in [-0.05, 0) is 43.4 Å². The Labute approximate surface area is 134 Å². The first-order valence-corrected chi connectivity index (χ1v) is 8.28. The summed E-state index contributed by atoms with van der Waals surface area (Å²) < 4.78 is 4.38. The Balaban J connectivity index is 1.97. The molecule has 3 heterocycles. The number of aromatic nitrogens is 2. The van der Waals surface area contributed by atoms with Gasteiger partial charge in [0.1, 0.15) is 12.3 Å². The molecule has 22 heavy (non-hydrogen) atoms. The lowest BCUT2D eigenvalue weighted by atomic mass is 10.0. The van der Waals surface area contributed by atoms with Crippen molar-refractivity contribution in [3.8, 4) is 0 Å². The summed E-state index contributed by atoms with van der Waals surface area (Å²) in [6.07, 6.45) is 1.96. The van der Waals surface area contributed by atoms with Gasteiger partial charge >= 0.3 is 5.69 Å². The topological polar surface area (TPSA) is 76.3 Å². The number of amides is 1. The lowest BCUT2D eigenvalue weighted by Crippen LogP contribution is -2.46. The van der Waals surface area contributed by atoms with Crippen LogP contribution in [0.25, 0.3) is 11.0 Å². The van der Waals surface area contributed by atoms with Crippen LogP contribution in [0.5, 0.6) is 0 Å². The van der Waals surface area contributed by atoms with E-state index in [-0.39, 0.29) is 11.6 Å². The summed E-state index contributed by atoms with van der Waals surface area (Å²) in [6, 6.07) is 3.29. The highest BCUT2D eigenvalue weighted by Gasteiger charge is 2.32. The highest BCUT2D eigenvalue weighted by Crippen LogP contribution is 2.32. The number of rotatable bonds is 1. The Kier molecular flexibility index (Phi) is 3.16. The normalized spacial score (nSPS) is 24.5. The molecule has 0 radical (unpaired) electrons. The van der Waals surface area contributed by atoms with Crippen molar-refractivity contribution in [3.63, 3.8) is 0 Å². The number of aliphatic hydroxyl groups excluding tert-OH is 1. The molecule has 1 aromatic heterocycles. The average Bonchev–Trinajstić information content (AvgIpc) is 2.78. The Morgan fingerprint density at radius 3 is 2.86 bits per heavy atom. The zero-order valence-electron chi connectivity index (χ0n) is 11.9. The summed E-state index contributed by atoms with van der Waals surface area (Å²) in [7, 11) is 0. The SMILES string of the molecule is O=C1NC(O)CCC1n1c(=O)n2c3c(c(Br)ccc31)CCC2. The van der Waals surface area contributed by atoms with Crippen LogP contribution >= 0.6 is 15.9 Å². The Bertz CT molecular complexity index is 839. The van der Waals surface area contributed by atoms with E-state index >= 15 is 0 Å². The molecule has 4 rings (SSSR count). The number of carbonyl (C=O) groups is 1. The number of benzene rings is 1. The van der Waals surface area contributed by atoms with Crippen LogP contribution in [0.3, 0.4) is 0 Å². The van der Waals surface area contributed by atoms with Gasteiger partial charge in [-0.2, -0.15) is 0 Å². The van der Waals surface area contributed by atoms with Crippen LogP contribution in [0.4, 0.5) is 0 Å². The van der Waals surface area contributed by atoms with Crippen LogP contribution in [0.1, 0.15) is 30.9 Å². The molecule has 0 spiro atoms. The van der Waals surface area contributed by atoms with E-state index in [1.54, 1.807) is 9.13 Å². The lowest BCUT2D eigenvalue weighted by molar-refractivity contribution is -0.130. The number of hydrogen-bond acceptors (Lipinski definition) is 3. The number of nitrogens with zero attached hydrogens (tertiary/aromatic N) is 2.